The molecule has 0 saturated heterocycles. The highest BCUT2D eigenvalue weighted by atomic mass is 16.7. The van der Waals surface area contributed by atoms with Crippen LogP contribution in [0.15, 0.2) is 0 Å². The zero-order valence-corrected chi connectivity index (χ0v) is 11.4. The molecule has 5 nitrogen and oxygen atoms in total. The molecule has 0 aliphatic heterocycles. The fourth-order valence-electron chi connectivity index (χ4n) is 1.40. The van der Waals surface area contributed by atoms with Gasteiger partial charge in [-0.2, -0.15) is 0 Å². The standard InChI is InChI=1S/C13H26O5/c1-3-11(14)7-5-9-17-13(16)18-10-6-8-12(15)4-2/h11-12,14-15H,3-10H2,1-2H3. The molecular weight excluding hydrogens is 236 g/mol. The van der Waals surface area contributed by atoms with Crippen molar-refractivity contribution in [3.05, 3.63) is 0 Å². The molecule has 18 heavy (non-hydrogen) atoms. The van der Waals surface area contributed by atoms with Crippen LogP contribution in [0.25, 0.3) is 0 Å². The molecule has 2 N–H and O–H groups in total. The third-order valence-corrected chi connectivity index (χ3v) is 2.75. The Morgan fingerprint density at radius 2 is 1.33 bits per heavy atom. The van der Waals surface area contributed by atoms with Crippen molar-refractivity contribution in [2.24, 2.45) is 0 Å². The van der Waals surface area contributed by atoms with Crippen molar-refractivity contribution in [3.8, 4) is 0 Å². The highest BCUT2D eigenvalue weighted by molar-refractivity contribution is 5.59. The number of aliphatic hydroxyl groups excluding tert-OH is 2. The predicted molar refractivity (Wildman–Crippen MR) is 68.4 cm³/mol. The minimum Gasteiger partial charge on any atom is -0.434 e. The summed E-state index contributed by atoms with van der Waals surface area (Å²) >= 11 is 0. The molecule has 0 fully saturated rings. The minimum absolute atomic E-state index is 0.271. The van der Waals surface area contributed by atoms with Crippen LogP contribution in [0, 0.1) is 0 Å². The highest BCUT2D eigenvalue weighted by Gasteiger charge is 2.06. The predicted octanol–water partition coefficient (Wildman–Crippen LogP) is 2.24. The van der Waals surface area contributed by atoms with E-state index in [1.807, 2.05) is 13.8 Å². The van der Waals surface area contributed by atoms with E-state index in [9.17, 15) is 15.0 Å². The number of carbonyl (C=O) groups is 1. The van der Waals surface area contributed by atoms with Gasteiger partial charge in [0, 0.05) is 0 Å². The maximum absolute atomic E-state index is 11.1. The molecule has 0 amide bonds. The van der Waals surface area contributed by atoms with Crippen molar-refractivity contribution in [3.63, 3.8) is 0 Å². The van der Waals surface area contributed by atoms with E-state index in [4.69, 9.17) is 9.47 Å². The van der Waals surface area contributed by atoms with Gasteiger partial charge in [-0.25, -0.2) is 4.79 Å². The third kappa shape index (κ3) is 10.4. The van der Waals surface area contributed by atoms with Gasteiger partial charge in [0.2, 0.25) is 0 Å². The second kappa shape index (κ2) is 11.3. The van der Waals surface area contributed by atoms with E-state index in [1.54, 1.807) is 0 Å². The van der Waals surface area contributed by atoms with Crippen molar-refractivity contribution >= 4 is 6.16 Å². The van der Waals surface area contributed by atoms with Gasteiger partial charge in [-0.3, -0.25) is 0 Å². The number of hydrogen-bond acceptors (Lipinski definition) is 5. The Hall–Kier alpha value is -0.810. The molecule has 0 rings (SSSR count). The Morgan fingerprint density at radius 1 is 0.944 bits per heavy atom. The smallest absolute Gasteiger partial charge is 0.434 e. The number of ether oxygens (including phenoxy) is 2. The van der Waals surface area contributed by atoms with E-state index in [2.05, 4.69) is 0 Å². The summed E-state index contributed by atoms with van der Waals surface area (Å²) in [5.74, 6) is 0. The lowest BCUT2D eigenvalue weighted by Crippen LogP contribution is -2.13. The molecular formula is C13H26O5. The quantitative estimate of drug-likeness (QED) is 0.466. The lowest BCUT2D eigenvalue weighted by molar-refractivity contribution is 0.0460. The molecule has 0 bridgehead atoms. The zero-order chi connectivity index (χ0) is 13.8. The average molecular weight is 262 g/mol. The maximum atomic E-state index is 11.1. The SMILES string of the molecule is CCC(O)CCCOC(=O)OCCCC(O)CC. The topological polar surface area (TPSA) is 76.0 Å². The summed E-state index contributed by atoms with van der Waals surface area (Å²) in [6.45, 7) is 4.36. The van der Waals surface area contributed by atoms with Gasteiger partial charge in [0.25, 0.3) is 0 Å². The molecule has 2 atom stereocenters. The fourth-order valence-corrected chi connectivity index (χ4v) is 1.40. The normalized spacial score (nSPS) is 14.0. The van der Waals surface area contributed by atoms with E-state index in [0.29, 0.717) is 38.5 Å². The lowest BCUT2D eigenvalue weighted by atomic mass is 10.1. The van der Waals surface area contributed by atoms with Crippen LogP contribution in [0.2, 0.25) is 0 Å². The minimum atomic E-state index is -0.674. The van der Waals surface area contributed by atoms with Gasteiger partial charge in [-0.05, 0) is 38.5 Å². The second-order valence-electron chi connectivity index (χ2n) is 4.36. The number of carbonyl (C=O) groups excluding carboxylic acids is 1. The molecule has 108 valence electrons. The molecule has 2 unspecified atom stereocenters. The Bertz CT molecular complexity index is 188. The van der Waals surface area contributed by atoms with Crippen LogP contribution in [-0.4, -0.2) is 41.8 Å². The Kier molecular flexibility index (Phi) is 10.8. The largest absolute Gasteiger partial charge is 0.508 e. The number of hydrogen-bond donors (Lipinski definition) is 2. The van der Waals surface area contributed by atoms with Crippen molar-refractivity contribution < 1.29 is 24.5 Å². The summed E-state index contributed by atoms with van der Waals surface area (Å²) in [6, 6.07) is 0. The molecule has 0 aliphatic carbocycles. The van der Waals surface area contributed by atoms with Crippen LogP contribution in [0.1, 0.15) is 52.4 Å². The second-order valence-corrected chi connectivity index (χ2v) is 4.36. The van der Waals surface area contributed by atoms with E-state index in [0.717, 1.165) is 0 Å². The Morgan fingerprint density at radius 3 is 1.67 bits per heavy atom. The molecule has 0 spiro atoms. The summed E-state index contributed by atoms with van der Waals surface area (Å²) in [5.41, 5.74) is 0. The van der Waals surface area contributed by atoms with E-state index in [1.165, 1.54) is 0 Å². The van der Waals surface area contributed by atoms with Gasteiger partial charge in [0.1, 0.15) is 0 Å². The maximum Gasteiger partial charge on any atom is 0.508 e. The first-order chi connectivity index (χ1) is 8.60. The van der Waals surface area contributed by atoms with Gasteiger partial charge < -0.3 is 19.7 Å². The van der Waals surface area contributed by atoms with Crippen molar-refractivity contribution in [1.82, 2.24) is 0 Å². The molecule has 0 aromatic carbocycles. The molecule has 0 aromatic rings. The van der Waals surface area contributed by atoms with Crippen LogP contribution in [0.4, 0.5) is 4.79 Å². The van der Waals surface area contributed by atoms with Crippen LogP contribution in [0.5, 0.6) is 0 Å². The number of aliphatic hydroxyl groups is 2. The molecule has 0 aliphatic rings. The average Bonchev–Trinajstić information content (AvgIpc) is 2.38. The first kappa shape index (κ1) is 17.2. The van der Waals surface area contributed by atoms with Gasteiger partial charge in [0.15, 0.2) is 0 Å². The van der Waals surface area contributed by atoms with Gasteiger partial charge in [-0.1, -0.05) is 13.8 Å². The summed E-state index contributed by atoms with van der Waals surface area (Å²) < 4.78 is 9.67. The summed E-state index contributed by atoms with van der Waals surface area (Å²) in [5, 5.41) is 18.6. The highest BCUT2D eigenvalue weighted by Crippen LogP contribution is 2.03. The van der Waals surface area contributed by atoms with Gasteiger partial charge in [-0.15, -0.1) is 0 Å². The van der Waals surface area contributed by atoms with E-state index >= 15 is 0 Å². The van der Waals surface area contributed by atoms with Crippen molar-refractivity contribution in [2.75, 3.05) is 13.2 Å². The van der Waals surface area contributed by atoms with Crippen LogP contribution >= 0.6 is 0 Å². The first-order valence-corrected chi connectivity index (χ1v) is 6.75. The summed E-state index contributed by atoms with van der Waals surface area (Å²) in [7, 11) is 0. The molecule has 5 heteroatoms. The van der Waals surface area contributed by atoms with Crippen LogP contribution in [-0.2, 0) is 9.47 Å². The fraction of sp³-hybridized carbons (Fsp3) is 0.923. The van der Waals surface area contributed by atoms with Crippen LogP contribution in [0.3, 0.4) is 0 Å². The van der Waals surface area contributed by atoms with Gasteiger partial charge >= 0.3 is 6.16 Å². The van der Waals surface area contributed by atoms with Crippen molar-refractivity contribution in [2.45, 2.75) is 64.6 Å². The Labute approximate surface area is 109 Å². The van der Waals surface area contributed by atoms with E-state index < -0.39 is 6.16 Å². The first-order valence-electron chi connectivity index (χ1n) is 6.75. The Balaban J connectivity index is 3.33. The third-order valence-electron chi connectivity index (χ3n) is 2.75. The number of rotatable bonds is 10. The molecule has 0 aromatic heterocycles. The van der Waals surface area contributed by atoms with Crippen molar-refractivity contribution in [1.29, 1.82) is 0 Å². The van der Waals surface area contributed by atoms with Crippen LogP contribution < -0.4 is 0 Å². The summed E-state index contributed by atoms with van der Waals surface area (Å²) in [4.78, 5) is 11.1. The summed E-state index contributed by atoms with van der Waals surface area (Å²) in [6.07, 6.45) is 2.65. The zero-order valence-electron chi connectivity index (χ0n) is 11.4. The lowest BCUT2D eigenvalue weighted by Gasteiger charge is -2.09. The monoisotopic (exact) mass is 262 g/mol. The van der Waals surface area contributed by atoms with Gasteiger partial charge in [0.05, 0.1) is 25.4 Å². The molecule has 0 radical (unpaired) electrons. The molecule has 0 saturated carbocycles. The van der Waals surface area contributed by atoms with E-state index in [-0.39, 0.29) is 25.4 Å². The molecule has 0 heterocycles.